The molecule has 0 aromatic heterocycles. The van der Waals surface area contributed by atoms with Crippen LogP contribution in [0, 0.1) is 5.41 Å². The zero-order chi connectivity index (χ0) is 23.0. The number of ether oxygens (including phenoxy) is 4. The molecule has 2 aliphatic rings. The molecule has 31 heavy (non-hydrogen) atoms. The molecule has 2 heterocycles. The summed E-state index contributed by atoms with van der Waals surface area (Å²) in [6.07, 6.45) is -3.74. The van der Waals surface area contributed by atoms with Gasteiger partial charge >= 0.3 is 6.09 Å². The van der Waals surface area contributed by atoms with Crippen molar-refractivity contribution in [2.45, 2.75) is 78.0 Å². The van der Waals surface area contributed by atoms with Crippen LogP contribution in [-0.4, -0.2) is 64.9 Å². The average Bonchev–Trinajstić information content (AvgIpc) is 3.03. The number of Topliss-reactive ketones (excluding diaryl/α,β-unsaturated/α-hetero) is 1. The van der Waals surface area contributed by atoms with Gasteiger partial charge in [0.05, 0.1) is 6.54 Å². The zero-order valence-electron chi connectivity index (χ0n) is 19.1. The standard InChI is InChI=1S/C23H33NO7/c1-21(2,3)23(6)29-14-16(25)19(31-23)18(26)17-12-24(22(4,5)30-17)20(27)28-13-15-10-8-7-9-11-15/h7-11,17-19,26H,12-14H2,1-6H3/t17-,18+,19+,23+/m0/s1. The highest BCUT2D eigenvalue weighted by Gasteiger charge is 2.53. The molecule has 2 saturated heterocycles. The zero-order valence-corrected chi connectivity index (χ0v) is 19.1. The number of carbonyl (C=O) groups is 2. The second-order valence-corrected chi connectivity index (χ2v) is 9.73. The predicted molar refractivity (Wildman–Crippen MR) is 112 cm³/mol. The number of nitrogens with zero attached hydrogens (tertiary/aromatic N) is 1. The van der Waals surface area contributed by atoms with Gasteiger partial charge in [-0.2, -0.15) is 0 Å². The third kappa shape index (κ3) is 4.92. The SMILES string of the molecule is CC1(C)O[C@H]([C@@H](O)[C@@H]2O[C@](C)(C(C)(C)C)OCC2=O)CN1C(=O)OCc1ccccc1. The molecule has 2 aliphatic heterocycles. The molecular formula is C23H33NO7. The molecule has 0 bridgehead atoms. The highest BCUT2D eigenvalue weighted by molar-refractivity contribution is 5.85. The number of aliphatic hydroxyl groups excluding tert-OH is 1. The first-order chi connectivity index (χ1) is 14.3. The summed E-state index contributed by atoms with van der Waals surface area (Å²) in [7, 11) is 0. The minimum absolute atomic E-state index is 0.0714. The van der Waals surface area contributed by atoms with Gasteiger partial charge in [-0.1, -0.05) is 51.1 Å². The Kier molecular flexibility index (Phi) is 6.49. The molecule has 4 atom stereocenters. The van der Waals surface area contributed by atoms with E-state index >= 15 is 0 Å². The summed E-state index contributed by atoms with van der Waals surface area (Å²) in [5.74, 6) is -1.41. The van der Waals surface area contributed by atoms with Crippen LogP contribution in [0.2, 0.25) is 0 Å². The molecule has 0 unspecified atom stereocenters. The Morgan fingerprint density at radius 3 is 2.48 bits per heavy atom. The highest BCUT2D eigenvalue weighted by Crippen LogP contribution is 2.40. The van der Waals surface area contributed by atoms with Crippen molar-refractivity contribution in [3.05, 3.63) is 35.9 Å². The van der Waals surface area contributed by atoms with E-state index in [0.717, 1.165) is 5.56 Å². The minimum Gasteiger partial charge on any atom is -0.444 e. The van der Waals surface area contributed by atoms with Gasteiger partial charge in [-0.3, -0.25) is 9.69 Å². The normalized spacial score (nSPS) is 29.6. The summed E-state index contributed by atoms with van der Waals surface area (Å²) in [5.41, 5.74) is -0.566. The Morgan fingerprint density at radius 2 is 1.87 bits per heavy atom. The quantitative estimate of drug-likeness (QED) is 0.777. The van der Waals surface area contributed by atoms with Gasteiger partial charge in [-0.05, 0) is 26.3 Å². The van der Waals surface area contributed by atoms with Crippen LogP contribution in [0.1, 0.15) is 47.1 Å². The Labute approximate surface area is 183 Å². The average molecular weight is 436 g/mol. The largest absolute Gasteiger partial charge is 0.444 e. The lowest BCUT2D eigenvalue weighted by Gasteiger charge is -2.47. The topological polar surface area (TPSA) is 94.5 Å². The third-order valence-corrected chi connectivity index (χ3v) is 6.09. The molecule has 1 N–H and O–H groups in total. The van der Waals surface area contributed by atoms with Crippen LogP contribution in [-0.2, 0) is 30.3 Å². The number of carbonyl (C=O) groups excluding carboxylic acids is 2. The van der Waals surface area contributed by atoms with Crippen LogP contribution in [0.5, 0.6) is 0 Å². The van der Waals surface area contributed by atoms with Gasteiger partial charge in [-0.25, -0.2) is 4.79 Å². The molecule has 0 spiro atoms. The summed E-state index contributed by atoms with van der Waals surface area (Å²) < 4.78 is 23.0. The second kappa shape index (κ2) is 8.50. The van der Waals surface area contributed by atoms with Crippen LogP contribution in [0.4, 0.5) is 4.79 Å². The maximum Gasteiger partial charge on any atom is 0.412 e. The molecule has 0 saturated carbocycles. The van der Waals surface area contributed by atoms with Gasteiger partial charge in [0.25, 0.3) is 0 Å². The Balaban J connectivity index is 1.68. The number of ketones is 1. The molecule has 8 heteroatoms. The lowest BCUT2D eigenvalue weighted by atomic mass is 9.85. The van der Waals surface area contributed by atoms with Gasteiger partial charge in [-0.15, -0.1) is 0 Å². The molecule has 0 radical (unpaired) electrons. The van der Waals surface area contributed by atoms with Crippen molar-refractivity contribution in [1.29, 1.82) is 0 Å². The molecule has 2 fully saturated rings. The number of aliphatic hydroxyl groups is 1. The van der Waals surface area contributed by atoms with Crippen molar-refractivity contribution in [1.82, 2.24) is 4.90 Å². The maximum atomic E-state index is 12.7. The van der Waals surface area contributed by atoms with Gasteiger partial charge in [0, 0.05) is 5.41 Å². The highest BCUT2D eigenvalue weighted by atomic mass is 16.7. The number of benzene rings is 1. The summed E-state index contributed by atoms with van der Waals surface area (Å²) >= 11 is 0. The number of hydrogen-bond acceptors (Lipinski definition) is 7. The lowest BCUT2D eigenvalue weighted by Crippen LogP contribution is -2.59. The van der Waals surface area contributed by atoms with E-state index in [2.05, 4.69) is 0 Å². The monoisotopic (exact) mass is 435 g/mol. The molecule has 1 amide bonds. The Hall–Kier alpha value is -2.00. The van der Waals surface area contributed by atoms with Crippen molar-refractivity contribution in [2.75, 3.05) is 13.2 Å². The molecule has 8 nitrogen and oxygen atoms in total. The van der Waals surface area contributed by atoms with Gasteiger partial charge in [0.15, 0.2) is 11.6 Å². The van der Waals surface area contributed by atoms with Crippen LogP contribution >= 0.6 is 0 Å². The van der Waals surface area contributed by atoms with Crippen molar-refractivity contribution in [3.63, 3.8) is 0 Å². The molecule has 0 aliphatic carbocycles. The Bertz CT molecular complexity index is 804. The molecule has 1 aromatic rings. The minimum atomic E-state index is -1.26. The number of rotatable bonds is 4. The predicted octanol–water partition coefficient (Wildman–Crippen LogP) is 2.87. The summed E-state index contributed by atoms with van der Waals surface area (Å²) in [6.45, 7) is 11.0. The van der Waals surface area contributed by atoms with E-state index in [0.29, 0.717) is 0 Å². The smallest absolute Gasteiger partial charge is 0.412 e. The number of amides is 1. The van der Waals surface area contributed by atoms with E-state index in [4.69, 9.17) is 18.9 Å². The van der Waals surface area contributed by atoms with Crippen molar-refractivity contribution < 1.29 is 33.6 Å². The van der Waals surface area contributed by atoms with Gasteiger partial charge in [0.1, 0.15) is 37.3 Å². The van der Waals surface area contributed by atoms with E-state index in [1.165, 1.54) is 4.90 Å². The Morgan fingerprint density at radius 1 is 1.23 bits per heavy atom. The van der Waals surface area contributed by atoms with Crippen molar-refractivity contribution in [3.8, 4) is 0 Å². The van der Waals surface area contributed by atoms with Crippen molar-refractivity contribution in [2.24, 2.45) is 5.41 Å². The summed E-state index contributed by atoms with van der Waals surface area (Å²) in [6, 6.07) is 9.36. The van der Waals surface area contributed by atoms with Crippen LogP contribution in [0.3, 0.4) is 0 Å². The third-order valence-electron chi connectivity index (χ3n) is 6.09. The fourth-order valence-corrected chi connectivity index (χ4v) is 3.62. The first-order valence-electron chi connectivity index (χ1n) is 10.5. The fourth-order valence-electron chi connectivity index (χ4n) is 3.62. The lowest BCUT2D eigenvalue weighted by molar-refractivity contribution is -0.322. The van der Waals surface area contributed by atoms with E-state index in [1.807, 2.05) is 51.1 Å². The van der Waals surface area contributed by atoms with Gasteiger partial charge in [0.2, 0.25) is 0 Å². The summed E-state index contributed by atoms with van der Waals surface area (Å²) in [4.78, 5) is 26.6. The molecule has 3 rings (SSSR count). The molecule has 172 valence electrons. The molecular weight excluding hydrogens is 402 g/mol. The van der Waals surface area contributed by atoms with E-state index in [-0.39, 0.29) is 25.5 Å². The van der Waals surface area contributed by atoms with Crippen molar-refractivity contribution >= 4 is 11.9 Å². The summed E-state index contributed by atoms with van der Waals surface area (Å²) in [5, 5.41) is 11.0. The van der Waals surface area contributed by atoms with Crippen LogP contribution < -0.4 is 0 Å². The van der Waals surface area contributed by atoms with Gasteiger partial charge < -0.3 is 24.1 Å². The maximum absolute atomic E-state index is 12.7. The second-order valence-electron chi connectivity index (χ2n) is 9.73. The van der Waals surface area contributed by atoms with E-state index < -0.39 is 41.3 Å². The number of hydrogen-bond donors (Lipinski definition) is 1. The van der Waals surface area contributed by atoms with E-state index in [9.17, 15) is 14.7 Å². The fraction of sp³-hybridized carbons (Fsp3) is 0.652. The van der Waals surface area contributed by atoms with E-state index in [1.54, 1.807) is 20.8 Å². The first-order valence-corrected chi connectivity index (χ1v) is 10.5. The van der Waals surface area contributed by atoms with Crippen LogP contribution in [0.25, 0.3) is 0 Å². The van der Waals surface area contributed by atoms with Crippen LogP contribution in [0.15, 0.2) is 30.3 Å². The first kappa shape index (κ1) is 23.7. The molecule has 1 aromatic carbocycles.